The molecule has 2 N–H and O–H groups in total. The Bertz CT molecular complexity index is 662. The lowest BCUT2D eigenvalue weighted by atomic mass is 10.1. The highest BCUT2D eigenvalue weighted by Crippen LogP contribution is 2.22. The zero-order valence-electron chi connectivity index (χ0n) is 7.65. The number of hydrogen-bond donors (Lipinski definition) is 2. The van der Waals surface area contributed by atoms with Gasteiger partial charge in [0.1, 0.15) is 0 Å². The third-order valence-corrected chi connectivity index (χ3v) is 3.31. The molecule has 3 nitrogen and oxygen atoms in total. The number of nitrogens with one attached hydrogen (secondary N) is 2. The third kappa shape index (κ3) is 1.49. The number of aromatic amines is 2. The van der Waals surface area contributed by atoms with E-state index in [0.717, 1.165) is 26.2 Å². The fourth-order valence-electron chi connectivity index (χ4n) is 1.52. The van der Waals surface area contributed by atoms with Crippen molar-refractivity contribution >= 4 is 34.6 Å². The topological polar surface area (TPSA) is 44.5 Å². The van der Waals surface area contributed by atoms with Crippen LogP contribution < -0.4 is 0 Å². The number of aromatic nitrogens is 3. The number of H-pyrrole nitrogens is 2. The summed E-state index contributed by atoms with van der Waals surface area (Å²) in [6.45, 7) is 0. The first kappa shape index (κ1) is 8.82. The van der Waals surface area contributed by atoms with Gasteiger partial charge in [0.05, 0.1) is 23.1 Å². The summed E-state index contributed by atoms with van der Waals surface area (Å²) in [7, 11) is 0. The van der Waals surface area contributed by atoms with Gasteiger partial charge >= 0.3 is 0 Å². The van der Waals surface area contributed by atoms with Crippen LogP contribution in [-0.4, -0.2) is 15.0 Å². The molecule has 0 unspecified atom stereocenters. The molecule has 0 atom stereocenters. The minimum absolute atomic E-state index is 0.801. The molecule has 0 fully saturated rings. The van der Waals surface area contributed by atoms with Gasteiger partial charge in [0.25, 0.3) is 0 Å². The standard InChI is InChI=1S/C10H7N3S2/c14-10-13-9(4-15-10)6-1-2-7-8(3-6)12-5-11-7/h1-5H,(H,11,12)(H,13,14). The zero-order valence-corrected chi connectivity index (χ0v) is 9.28. The quantitative estimate of drug-likeness (QED) is 0.633. The van der Waals surface area contributed by atoms with E-state index >= 15 is 0 Å². The number of rotatable bonds is 1. The molecule has 3 aromatic rings. The van der Waals surface area contributed by atoms with Crippen LogP contribution in [0.15, 0.2) is 29.9 Å². The molecular weight excluding hydrogens is 226 g/mol. The van der Waals surface area contributed by atoms with Crippen molar-refractivity contribution < 1.29 is 0 Å². The molecule has 0 spiro atoms. The van der Waals surface area contributed by atoms with Gasteiger partial charge in [0.2, 0.25) is 0 Å². The first-order chi connectivity index (χ1) is 7.33. The maximum atomic E-state index is 5.05. The summed E-state index contributed by atoms with van der Waals surface area (Å²) in [6.07, 6.45) is 1.70. The first-order valence-electron chi connectivity index (χ1n) is 4.44. The highest BCUT2D eigenvalue weighted by atomic mass is 32.1. The van der Waals surface area contributed by atoms with Gasteiger partial charge in [-0.15, -0.1) is 11.3 Å². The second-order valence-corrected chi connectivity index (χ2v) is 4.74. The average molecular weight is 233 g/mol. The normalized spacial score (nSPS) is 10.9. The Morgan fingerprint density at radius 3 is 3.07 bits per heavy atom. The van der Waals surface area contributed by atoms with E-state index in [1.165, 1.54) is 0 Å². The third-order valence-electron chi connectivity index (χ3n) is 2.25. The van der Waals surface area contributed by atoms with Crippen molar-refractivity contribution in [1.82, 2.24) is 15.0 Å². The molecule has 1 aromatic carbocycles. The van der Waals surface area contributed by atoms with Crippen LogP contribution in [0.25, 0.3) is 22.3 Å². The van der Waals surface area contributed by atoms with Crippen LogP contribution in [0.1, 0.15) is 0 Å². The van der Waals surface area contributed by atoms with Crippen LogP contribution in [-0.2, 0) is 0 Å². The fraction of sp³-hybridized carbons (Fsp3) is 0. The maximum Gasteiger partial charge on any atom is 0.158 e. The van der Waals surface area contributed by atoms with Gasteiger partial charge in [-0.3, -0.25) is 0 Å². The van der Waals surface area contributed by atoms with Crippen LogP contribution in [0.5, 0.6) is 0 Å². The van der Waals surface area contributed by atoms with Gasteiger partial charge in [0, 0.05) is 10.9 Å². The Kier molecular flexibility index (Phi) is 1.93. The molecular formula is C10H7N3S2. The summed E-state index contributed by atoms with van der Waals surface area (Å²) < 4.78 is 0.801. The minimum atomic E-state index is 0.801. The second kappa shape index (κ2) is 3.29. The molecule has 3 rings (SSSR count). The van der Waals surface area contributed by atoms with E-state index < -0.39 is 0 Å². The van der Waals surface area contributed by atoms with E-state index in [-0.39, 0.29) is 0 Å². The largest absolute Gasteiger partial charge is 0.345 e. The molecule has 0 aliphatic rings. The lowest BCUT2D eigenvalue weighted by Crippen LogP contribution is -1.77. The van der Waals surface area contributed by atoms with Crippen molar-refractivity contribution in [3.8, 4) is 11.3 Å². The van der Waals surface area contributed by atoms with Crippen molar-refractivity contribution in [2.75, 3.05) is 0 Å². The van der Waals surface area contributed by atoms with Gasteiger partial charge < -0.3 is 9.97 Å². The molecule has 74 valence electrons. The summed E-state index contributed by atoms with van der Waals surface area (Å²) in [4.78, 5) is 10.4. The van der Waals surface area contributed by atoms with E-state index in [0.29, 0.717) is 0 Å². The molecule has 0 saturated heterocycles. The molecule has 5 heteroatoms. The Balaban J connectivity index is 2.22. The first-order valence-corrected chi connectivity index (χ1v) is 5.73. The number of thiazole rings is 1. The lowest BCUT2D eigenvalue weighted by Gasteiger charge is -1.96. The fourth-order valence-corrected chi connectivity index (χ4v) is 2.37. The summed E-state index contributed by atoms with van der Waals surface area (Å²) in [5.41, 5.74) is 4.20. The summed E-state index contributed by atoms with van der Waals surface area (Å²) in [5.74, 6) is 0. The van der Waals surface area contributed by atoms with Gasteiger partial charge in [-0.05, 0) is 24.4 Å². The van der Waals surface area contributed by atoms with Crippen molar-refractivity contribution in [3.05, 3.63) is 33.9 Å². The maximum absolute atomic E-state index is 5.05. The Labute approximate surface area is 94.8 Å². The molecule has 0 aliphatic carbocycles. The van der Waals surface area contributed by atoms with E-state index in [9.17, 15) is 0 Å². The van der Waals surface area contributed by atoms with E-state index in [2.05, 4.69) is 21.0 Å². The number of fused-ring (bicyclic) bond motifs is 1. The summed E-state index contributed by atoms with van der Waals surface area (Å²) >= 11 is 6.59. The Hall–Kier alpha value is -1.46. The van der Waals surface area contributed by atoms with Crippen LogP contribution in [0.3, 0.4) is 0 Å². The number of benzene rings is 1. The Morgan fingerprint density at radius 2 is 2.27 bits per heavy atom. The predicted molar refractivity (Wildman–Crippen MR) is 64.6 cm³/mol. The summed E-state index contributed by atoms with van der Waals surface area (Å²) in [5, 5.41) is 2.03. The number of imidazole rings is 1. The van der Waals surface area contributed by atoms with Crippen molar-refractivity contribution in [3.63, 3.8) is 0 Å². The van der Waals surface area contributed by atoms with Gasteiger partial charge in [-0.25, -0.2) is 4.98 Å². The average Bonchev–Trinajstić information content (AvgIpc) is 2.84. The zero-order chi connectivity index (χ0) is 10.3. The summed E-state index contributed by atoms with van der Waals surface area (Å²) in [6, 6.07) is 6.10. The van der Waals surface area contributed by atoms with Crippen LogP contribution in [0.2, 0.25) is 0 Å². The van der Waals surface area contributed by atoms with Crippen molar-refractivity contribution in [2.24, 2.45) is 0 Å². The lowest BCUT2D eigenvalue weighted by molar-refractivity contribution is 1.34. The van der Waals surface area contributed by atoms with E-state index in [1.807, 2.05) is 17.5 Å². The van der Waals surface area contributed by atoms with Crippen LogP contribution in [0, 0.1) is 3.95 Å². The molecule has 0 amide bonds. The predicted octanol–water partition coefficient (Wildman–Crippen LogP) is 3.35. The SMILES string of the molecule is S=c1[nH]c(-c2ccc3nc[nH]c3c2)cs1. The van der Waals surface area contributed by atoms with Crippen molar-refractivity contribution in [2.45, 2.75) is 0 Å². The highest BCUT2D eigenvalue weighted by molar-refractivity contribution is 7.73. The van der Waals surface area contributed by atoms with Gasteiger partial charge in [-0.2, -0.15) is 0 Å². The second-order valence-electron chi connectivity index (χ2n) is 3.20. The van der Waals surface area contributed by atoms with Gasteiger partial charge in [0.15, 0.2) is 3.95 Å². The number of hydrogen-bond acceptors (Lipinski definition) is 3. The smallest absolute Gasteiger partial charge is 0.158 e. The number of nitrogens with zero attached hydrogens (tertiary/aromatic N) is 1. The highest BCUT2D eigenvalue weighted by Gasteiger charge is 2.01. The Morgan fingerprint density at radius 1 is 1.33 bits per heavy atom. The molecule has 2 heterocycles. The molecule has 15 heavy (non-hydrogen) atoms. The van der Waals surface area contributed by atoms with Gasteiger partial charge in [-0.1, -0.05) is 6.07 Å². The van der Waals surface area contributed by atoms with E-state index in [1.54, 1.807) is 17.7 Å². The minimum Gasteiger partial charge on any atom is -0.345 e. The van der Waals surface area contributed by atoms with Crippen LogP contribution in [0.4, 0.5) is 0 Å². The molecule has 2 aromatic heterocycles. The van der Waals surface area contributed by atoms with Crippen molar-refractivity contribution in [1.29, 1.82) is 0 Å². The monoisotopic (exact) mass is 233 g/mol. The molecule has 0 saturated carbocycles. The molecule has 0 aliphatic heterocycles. The molecule has 0 radical (unpaired) electrons. The van der Waals surface area contributed by atoms with Crippen LogP contribution >= 0.6 is 23.6 Å². The molecule has 0 bridgehead atoms. The van der Waals surface area contributed by atoms with E-state index in [4.69, 9.17) is 12.2 Å².